The van der Waals surface area contributed by atoms with E-state index >= 15 is 0 Å². The van der Waals surface area contributed by atoms with Gasteiger partial charge in [0.05, 0.1) is 0 Å². The molecule has 1 heterocycles. The number of aliphatic hydroxyl groups is 1. The van der Waals surface area contributed by atoms with Gasteiger partial charge in [-0.15, -0.1) is 11.3 Å². The predicted molar refractivity (Wildman–Crippen MR) is 73.7 cm³/mol. The highest BCUT2D eigenvalue weighted by Crippen LogP contribution is 2.15. The van der Waals surface area contributed by atoms with Crippen molar-refractivity contribution in [2.45, 2.75) is 19.3 Å². The van der Waals surface area contributed by atoms with Crippen LogP contribution in [0.3, 0.4) is 0 Å². The van der Waals surface area contributed by atoms with E-state index in [0.717, 1.165) is 0 Å². The monoisotopic (exact) mass is 280 g/mol. The first-order valence-electron chi connectivity index (χ1n) is 5.89. The average molecular weight is 280 g/mol. The Bertz CT molecular complexity index is 499. The van der Waals surface area contributed by atoms with Gasteiger partial charge in [0.2, 0.25) is 5.91 Å². The molecule has 0 saturated heterocycles. The fourth-order valence-corrected chi connectivity index (χ4v) is 2.19. The summed E-state index contributed by atoms with van der Waals surface area (Å²) in [6.45, 7) is 0.265. The lowest BCUT2D eigenvalue weighted by atomic mass is 10.2. The molecule has 1 aromatic rings. The van der Waals surface area contributed by atoms with Gasteiger partial charge in [-0.2, -0.15) is 0 Å². The fourth-order valence-electron chi connectivity index (χ4n) is 1.42. The highest BCUT2D eigenvalue weighted by atomic mass is 32.1. The van der Waals surface area contributed by atoms with Gasteiger partial charge in [-0.3, -0.25) is 9.59 Å². The molecule has 1 aromatic heterocycles. The van der Waals surface area contributed by atoms with Gasteiger partial charge < -0.3 is 16.2 Å². The molecule has 4 N–H and O–H groups in total. The molecule has 0 aliphatic heterocycles. The third-order valence-corrected chi connectivity index (χ3v) is 3.22. The number of carbonyl (C=O) groups excluding carboxylic acids is 2. The van der Waals surface area contributed by atoms with Crippen molar-refractivity contribution in [3.8, 4) is 11.8 Å². The molecule has 0 saturated carbocycles. The Kier molecular flexibility index (Phi) is 6.64. The lowest BCUT2D eigenvalue weighted by molar-refractivity contribution is -0.118. The second-order valence-corrected chi connectivity index (χ2v) is 4.72. The third-order valence-electron chi connectivity index (χ3n) is 2.31. The number of nitrogens with one attached hydrogen (secondary N) is 1. The maximum absolute atomic E-state index is 11.9. The van der Waals surface area contributed by atoms with Gasteiger partial charge in [-0.25, -0.2) is 0 Å². The Morgan fingerprint density at radius 3 is 2.89 bits per heavy atom. The van der Waals surface area contributed by atoms with Crippen molar-refractivity contribution in [3.05, 3.63) is 21.9 Å². The van der Waals surface area contributed by atoms with Crippen LogP contribution in [0.5, 0.6) is 0 Å². The van der Waals surface area contributed by atoms with Crippen molar-refractivity contribution < 1.29 is 14.7 Å². The highest BCUT2D eigenvalue weighted by molar-refractivity contribution is 7.12. The SMILES string of the molecule is NC(=O)CCCCNC(=O)c1sccc1C#CCO. The number of carbonyl (C=O) groups is 2. The molecule has 6 heteroatoms. The smallest absolute Gasteiger partial charge is 0.262 e. The van der Waals surface area contributed by atoms with Gasteiger partial charge in [0, 0.05) is 18.5 Å². The summed E-state index contributed by atoms with van der Waals surface area (Å²) in [5, 5.41) is 13.2. The first-order valence-corrected chi connectivity index (χ1v) is 6.77. The Labute approximate surface area is 115 Å². The Morgan fingerprint density at radius 1 is 1.42 bits per heavy atom. The molecule has 0 fully saturated rings. The van der Waals surface area contributed by atoms with Gasteiger partial charge >= 0.3 is 0 Å². The number of hydrogen-bond acceptors (Lipinski definition) is 4. The topological polar surface area (TPSA) is 92.4 Å². The second kappa shape index (κ2) is 8.29. The average Bonchev–Trinajstić information content (AvgIpc) is 2.83. The van der Waals surface area contributed by atoms with Crippen LogP contribution in [0, 0.1) is 11.8 Å². The number of thiophene rings is 1. The zero-order valence-corrected chi connectivity index (χ0v) is 11.3. The molecule has 0 spiro atoms. The maximum atomic E-state index is 11.9. The number of nitrogens with two attached hydrogens (primary N) is 1. The highest BCUT2D eigenvalue weighted by Gasteiger charge is 2.11. The van der Waals surface area contributed by atoms with Gasteiger partial charge in [0.1, 0.15) is 11.5 Å². The Morgan fingerprint density at radius 2 is 2.21 bits per heavy atom. The Balaban J connectivity index is 2.41. The third kappa shape index (κ3) is 5.55. The van der Waals surface area contributed by atoms with Crippen molar-refractivity contribution in [1.82, 2.24) is 5.32 Å². The summed E-state index contributed by atoms with van der Waals surface area (Å²) in [4.78, 5) is 22.9. The minimum Gasteiger partial charge on any atom is -0.384 e. The molecule has 0 bridgehead atoms. The number of rotatable bonds is 6. The van der Waals surface area contributed by atoms with Crippen LogP contribution in [0.2, 0.25) is 0 Å². The molecular formula is C13H16N2O3S. The van der Waals surface area contributed by atoms with E-state index in [2.05, 4.69) is 17.2 Å². The van der Waals surface area contributed by atoms with E-state index in [1.807, 2.05) is 0 Å². The van der Waals surface area contributed by atoms with Crippen molar-refractivity contribution in [3.63, 3.8) is 0 Å². The molecule has 0 aromatic carbocycles. The number of aliphatic hydroxyl groups excluding tert-OH is 1. The number of primary amides is 1. The minimum atomic E-state index is -0.328. The van der Waals surface area contributed by atoms with Crippen molar-refractivity contribution in [1.29, 1.82) is 0 Å². The van der Waals surface area contributed by atoms with E-state index in [1.165, 1.54) is 11.3 Å². The summed E-state index contributed by atoms with van der Waals surface area (Å²) < 4.78 is 0. The summed E-state index contributed by atoms with van der Waals surface area (Å²) >= 11 is 1.31. The second-order valence-electron chi connectivity index (χ2n) is 3.80. The first-order chi connectivity index (χ1) is 9.15. The largest absolute Gasteiger partial charge is 0.384 e. The van der Waals surface area contributed by atoms with Crippen LogP contribution >= 0.6 is 11.3 Å². The van der Waals surface area contributed by atoms with Crippen molar-refractivity contribution in [2.75, 3.05) is 13.2 Å². The molecule has 1 rings (SSSR count). The van der Waals surface area contributed by atoms with Crippen LogP contribution in [-0.2, 0) is 4.79 Å². The van der Waals surface area contributed by atoms with Crippen molar-refractivity contribution >= 4 is 23.2 Å². The number of hydrogen-bond donors (Lipinski definition) is 3. The van der Waals surface area contributed by atoms with Crippen LogP contribution in [0.25, 0.3) is 0 Å². The van der Waals surface area contributed by atoms with E-state index in [-0.39, 0.29) is 18.4 Å². The first kappa shape index (κ1) is 15.2. The standard InChI is InChI=1S/C13H16N2O3S/c14-11(17)5-1-2-7-15-13(18)12-10(4-3-8-16)6-9-19-12/h6,9,16H,1-2,5,7-8H2,(H2,14,17)(H,15,18). The van der Waals surface area contributed by atoms with Gasteiger partial charge in [-0.05, 0) is 24.3 Å². The summed E-state index contributed by atoms with van der Waals surface area (Å²) in [6, 6.07) is 1.75. The lowest BCUT2D eigenvalue weighted by Crippen LogP contribution is -2.24. The van der Waals surface area contributed by atoms with Gasteiger partial charge in [0.25, 0.3) is 5.91 Å². The van der Waals surface area contributed by atoms with Crippen LogP contribution in [0.1, 0.15) is 34.5 Å². The number of amides is 2. The molecule has 0 atom stereocenters. The van der Waals surface area contributed by atoms with Crippen LogP contribution < -0.4 is 11.1 Å². The minimum absolute atomic E-state index is 0.184. The zero-order valence-electron chi connectivity index (χ0n) is 10.4. The Hall–Kier alpha value is -1.84. The normalized spacial score (nSPS) is 9.53. The molecule has 0 aliphatic rings. The molecule has 2 amide bonds. The molecule has 0 unspecified atom stereocenters. The van der Waals surface area contributed by atoms with Gasteiger partial charge in [0.15, 0.2) is 0 Å². The van der Waals surface area contributed by atoms with Crippen LogP contribution in [0.15, 0.2) is 11.4 Å². The van der Waals surface area contributed by atoms with E-state index in [9.17, 15) is 9.59 Å². The van der Waals surface area contributed by atoms with Gasteiger partial charge in [-0.1, -0.05) is 11.8 Å². The van der Waals surface area contributed by atoms with E-state index in [4.69, 9.17) is 10.8 Å². The maximum Gasteiger partial charge on any atom is 0.262 e. The fraction of sp³-hybridized carbons (Fsp3) is 0.385. The van der Waals surface area contributed by atoms with Crippen LogP contribution in [0.4, 0.5) is 0 Å². The summed E-state index contributed by atoms with van der Waals surface area (Å²) in [5.74, 6) is 4.73. The molecule has 5 nitrogen and oxygen atoms in total. The summed E-state index contributed by atoms with van der Waals surface area (Å²) in [7, 11) is 0. The molecule has 102 valence electrons. The van der Waals surface area contributed by atoms with E-state index in [0.29, 0.717) is 36.2 Å². The quantitative estimate of drug-likeness (QED) is 0.522. The molecule has 0 aliphatic carbocycles. The van der Waals surface area contributed by atoms with Crippen LogP contribution in [-0.4, -0.2) is 30.1 Å². The number of unbranched alkanes of at least 4 members (excludes halogenated alkanes) is 1. The van der Waals surface area contributed by atoms with E-state index in [1.54, 1.807) is 11.4 Å². The van der Waals surface area contributed by atoms with E-state index < -0.39 is 0 Å². The molecule has 0 radical (unpaired) electrons. The molecular weight excluding hydrogens is 264 g/mol. The lowest BCUT2D eigenvalue weighted by Gasteiger charge is -2.03. The predicted octanol–water partition coefficient (Wildman–Crippen LogP) is 0.477. The summed E-state index contributed by atoms with van der Waals surface area (Å²) in [5.41, 5.74) is 5.64. The zero-order chi connectivity index (χ0) is 14.1. The van der Waals surface area contributed by atoms with Crippen molar-refractivity contribution in [2.24, 2.45) is 5.73 Å². The molecule has 19 heavy (non-hydrogen) atoms. The summed E-state index contributed by atoms with van der Waals surface area (Å²) in [6.07, 6.45) is 1.71.